The average Bonchev–Trinajstić information content (AvgIpc) is 3.41. The summed E-state index contributed by atoms with van der Waals surface area (Å²) in [6.45, 7) is 5.52. The second-order valence-corrected chi connectivity index (χ2v) is 8.20. The van der Waals surface area contributed by atoms with Gasteiger partial charge < -0.3 is 18.9 Å². The summed E-state index contributed by atoms with van der Waals surface area (Å²) in [5.41, 5.74) is 0. The third kappa shape index (κ3) is 3.53. The van der Waals surface area contributed by atoms with E-state index in [2.05, 4.69) is 21.7 Å². The van der Waals surface area contributed by atoms with Crippen molar-refractivity contribution < 1.29 is 14.3 Å². The lowest BCUT2D eigenvalue weighted by Gasteiger charge is -2.37. The van der Waals surface area contributed by atoms with Crippen LogP contribution in [0.2, 0.25) is 0 Å². The summed E-state index contributed by atoms with van der Waals surface area (Å²) >= 11 is 3.10. The molecule has 9 heteroatoms. The normalized spacial score (nSPS) is 19.3. The van der Waals surface area contributed by atoms with E-state index in [4.69, 9.17) is 9.47 Å². The van der Waals surface area contributed by atoms with Gasteiger partial charge in [-0.25, -0.2) is 0 Å². The molecule has 2 aromatic rings. The lowest BCUT2D eigenvalue weighted by Crippen LogP contribution is -2.47. The molecule has 0 aliphatic carbocycles. The van der Waals surface area contributed by atoms with Crippen molar-refractivity contribution in [2.75, 3.05) is 32.1 Å². The molecule has 2 fully saturated rings. The minimum atomic E-state index is -0.443. The van der Waals surface area contributed by atoms with E-state index >= 15 is 0 Å². The second kappa shape index (κ2) is 7.67. The Hall–Kier alpha value is -1.42. The number of amides is 1. The van der Waals surface area contributed by atoms with Gasteiger partial charge in [-0.3, -0.25) is 4.79 Å². The zero-order valence-corrected chi connectivity index (χ0v) is 16.4. The first-order valence-corrected chi connectivity index (χ1v) is 10.7. The Morgan fingerprint density at radius 2 is 2.08 bits per heavy atom. The van der Waals surface area contributed by atoms with E-state index in [9.17, 15) is 4.79 Å². The molecule has 0 unspecified atom stereocenters. The molecular weight excluding hydrogens is 372 g/mol. The Kier molecular flexibility index (Phi) is 5.30. The first kappa shape index (κ1) is 18.0. The van der Waals surface area contributed by atoms with Crippen molar-refractivity contribution in [3.05, 3.63) is 17.5 Å². The molecule has 2 aliphatic heterocycles. The summed E-state index contributed by atoms with van der Waals surface area (Å²) in [5.74, 6) is 0.929. The van der Waals surface area contributed by atoms with Crippen molar-refractivity contribution in [1.29, 1.82) is 0 Å². The Bertz CT molecular complexity index is 746. The number of piperidine rings is 1. The van der Waals surface area contributed by atoms with Crippen molar-refractivity contribution in [3.63, 3.8) is 0 Å². The van der Waals surface area contributed by atoms with Crippen LogP contribution in [0.25, 0.3) is 10.7 Å². The quantitative estimate of drug-likeness (QED) is 0.726. The van der Waals surface area contributed by atoms with Gasteiger partial charge in [-0.2, -0.15) is 0 Å². The fourth-order valence-corrected chi connectivity index (χ4v) is 4.99. The Morgan fingerprint density at radius 3 is 2.73 bits per heavy atom. The Labute approximate surface area is 160 Å². The summed E-state index contributed by atoms with van der Waals surface area (Å²) in [6, 6.07) is 4.04. The van der Waals surface area contributed by atoms with Gasteiger partial charge in [-0.1, -0.05) is 17.8 Å². The maximum Gasteiger partial charge on any atom is 0.233 e. The van der Waals surface area contributed by atoms with Gasteiger partial charge in [0.2, 0.25) is 5.91 Å². The second-order valence-electron chi connectivity index (χ2n) is 6.30. The first-order chi connectivity index (χ1) is 12.7. The highest BCUT2D eigenvalue weighted by Gasteiger charge is 2.40. The minimum absolute atomic E-state index is 0.131. The summed E-state index contributed by atoms with van der Waals surface area (Å²) in [6.07, 6.45) is 1.49. The van der Waals surface area contributed by atoms with E-state index in [1.54, 1.807) is 11.3 Å². The van der Waals surface area contributed by atoms with Crippen LogP contribution in [0.1, 0.15) is 19.8 Å². The maximum absolute atomic E-state index is 12.6. The smallest absolute Gasteiger partial charge is 0.233 e. The molecule has 140 valence electrons. The standard InChI is InChI=1S/C17H22N4O3S2/c1-2-21-15(13-4-3-11-25-13)18-19-16(21)26-12-14(22)20-7-5-17(6-8-20)23-9-10-24-17/h3-4,11H,2,5-10,12H2,1H3. The van der Waals surface area contributed by atoms with E-state index < -0.39 is 5.79 Å². The zero-order chi connectivity index (χ0) is 18.0. The molecular formula is C17H22N4O3S2. The number of aromatic nitrogens is 3. The zero-order valence-electron chi connectivity index (χ0n) is 14.7. The third-order valence-electron chi connectivity index (χ3n) is 4.79. The van der Waals surface area contributed by atoms with Gasteiger partial charge >= 0.3 is 0 Å². The van der Waals surface area contributed by atoms with Crippen LogP contribution in [0, 0.1) is 0 Å². The topological polar surface area (TPSA) is 69.5 Å². The minimum Gasteiger partial charge on any atom is -0.347 e. The van der Waals surface area contributed by atoms with Gasteiger partial charge in [0, 0.05) is 32.5 Å². The number of thioether (sulfide) groups is 1. The number of thiophene rings is 1. The molecule has 0 radical (unpaired) electrons. The van der Waals surface area contributed by atoms with E-state index in [0.29, 0.717) is 32.1 Å². The number of nitrogens with zero attached hydrogens (tertiary/aromatic N) is 4. The lowest BCUT2D eigenvalue weighted by atomic mass is 10.0. The van der Waals surface area contributed by atoms with Crippen LogP contribution in [0.5, 0.6) is 0 Å². The molecule has 2 aromatic heterocycles. The monoisotopic (exact) mass is 394 g/mol. The molecule has 26 heavy (non-hydrogen) atoms. The van der Waals surface area contributed by atoms with Gasteiger partial charge in [0.05, 0.1) is 23.8 Å². The fourth-order valence-electron chi connectivity index (χ4n) is 3.37. The van der Waals surface area contributed by atoms with E-state index in [1.807, 2.05) is 22.4 Å². The highest BCUT2D eigenvalue weighted by molar-refractivity contribution is 7.99. The van der Waals surface area contributed by atoms with Gasteiger partial charge in [0.25, 0.3) is 0 Å². The molecule has 0 bridgehead atoms. The first-order valence-electron chi connectivity index (χ1n) is 8.86. The fraction of sp³-hybridized carbons (Fsp3) is 0.588. The van der Waals surface area contributed by atoms with Crippen LogP contribution in [0.15, 0.2) is 22.7 Å². The Morgan fingerprint density at radius 1 is 1.31 bits per heavy atom. The maximum atomic E-state index is 12.6. The lowest BCUT2D eigenvalue weighted by molar-refractivity contribution is -0.186. The van der Waals surface area contributed by atoms with Crippen LogP contribution in [-0.4, -0.2) is 63.4 Å². The van der Waals surface area contributed by atoms with Gasteiger partial charge in [-0.15, -0.1) is 21.5 Å². The SMILES string of the molecule is CCn1c(SCC(=O)N2CCC3(CC2)OCCO3)nnc1-c1cccs1. The molecule has 2 aliphatic rings. The molecule has 4 rings (SSSR count). The molecule has 4 heterocycles. The van der Waals surface area contributed by atoms with Crippen molar-refractivity contribution in [2.45, 2.75) is 37.3 Å². The van der Waals surface area contributed by atoms with Crippen LogP contribution in [0.3, 0.4) is 0 Å². The van der Waals surface area contributed by atoms with Crippen molar-refractivity contribution in [1.82, 2.24) is 19.7 Å². The molecule has 2 saturated heterocycles. The number of ether oxygens (including phenoxy) is 2. The number of carbonyl (C=O) groups is 1. The largest absolute Gasteiger partial charge is 0.347 e. The molecule has 0 saturated carbocycles. The van der Waals surface area contributed by atoms with Crippen molar-refractivity contribution in [3.8, 4) is 10.7 Å². The van der Waals surface area contributed by atoms with Crippen LogP contribution >= 0.6 is 23.1 Å². The van der Waals surface area contributed by atoms with E-state index in [1.165, 1.54) is 11.8 Å². The highest BCUT2D eigenvalue weighted by Crippen LogP contribution is 2.32. The van der Waals surface area contributed by atoms with Crippen LogP contribution < -0.4 is 0 Å². The van der Waals surface area contributed by atoms with E-state index in [0.717, 1.165) is 35.2 Å². The van der Waals surface area contributed by atoms with Gasteiger partial charge in [0.1, 0.15) is 0 Å². The number of rotatable bonds is 5. The predicted molar refractivity (Wildman–Crippen MR) is 100 cm³/mol. The summed E-state index contributed by atoms with van der Waals surface area (Å²) in [5, 5.41) is 11.4. The number of hydrogen-bond donors (Lipinski definition) is 0. The molecule has 1 spiro atoms. The highest BCUT2D eigenvalue weighted by atomic mass is 32.2. The van der Waals surface area contributed by atoms with Crippen molar-refractivity contribution in [2.24, 2.45) is 0 Å². The van der Waals surface area contributed by atoms with Gasteiger partial charge in [-0.05, 0) is 18.4 Å². The number of likely N-dealkylation sites (tertiary alicyclic amines) is 1. The predicted octanol–water partition coefficient (Wildman–Crippen LogP) is 2.48. The molecule has 1 amide bonds. The number of hydrogen-bond acceptors (Lipinski definition) is 7. The van der Waals surface area contributed by atoms with E-state index in [-0.39, 0.29) is 5.91 Å². The Balaban J connectivity index is 1.35. The third-order valence-corrected chi connectivity index (χ3v) is 6.61. The van der Waals surface area contributed by atoms with Crippen LogP contribution in [-0.2, 0) is 20.8 Å². The van der Waals surface area contributed by atoms with Gasteiger partial charge in [0.15, 0.2) is 16.8 Å². The summed E-state index contributed by atoms with van der Waals surface area (Å²) in [4.78, 5) is 15.6. The molecule has 0 atom stereocenters. The molecule has 0 aromatic carbocycles. The molecule has 7 nitrogen and oxygen atoms in total. The van der Waals surface area contributed by atoms with Crippen LogP contribution in [0.4, 0.5) is 0 Å². The molecule has 0 N–H and O–H groups in total. The van der Waals surface area contributed by atoms with Crippen molar-refractivity contribution >= 4 is 29.0 Å². The number of carbonyl (C=O) groups excluding carboxylic acids is 1. The summed E-state index contributed by atoms with van der Waals surface area (Å²) < 4.78 is 13.5. The average molecular weight is 395 g/mol. The summed E-state index contributed by atoms with van der Waals surface area (Å²) in [7, 11) is 0.